The normalized spacial score (nSPS) is 12.6. The van der Waals surface area contributed by atoms with E-state index in [9.17, 15) is 0 Å². The van der Waals surface area contributed by atoms with Gasteiger partial charge in [-0.2, -0.15) is 0 Å². The fourth-order valence-electron chi connectivity index (χ4n) is 7.11. The first-order valence-electron chi connectivity index (χ1n) is 16.4. The van der Waals surface area contributed by atoms with Crippen LogP contribution < -0.4 is 0 Å². The van der Waals surface area contributed by atoms with E-state index in [0.29, 0.717) is 0 Å². The summed E-state index contributed by atoms with van der Waals surface area (Å²) in [6.07, 6.45) is 0. The Kier molecular flexibility index (Phi) is 6.31. The molecule has 0 aliphatic carbocycles. The van der Waals surface area contributed by atoms with Crippen molar-refractivity contribution in [2.45, 2.75) is 52.4 Å². The Hall–Kier alpha value is -5.08. The summed E-state index contributed by atoms with van der Waals surface area (Å²) in [6, 6.07) is 49.4. The van der Waals surface area contributed by atoms with Gasteiger partial charge in [0.2, 0.25) is 0 Å². The van der Waals surface area contributed by atoms with Gasteiger partial charge in [0.25, 0.3) is 0 Å². The second-order valence-electron chi connectivity index (χ2n) is 14.7. The largest absolute Gasteiger partial charge is 0.309 e. The van der Waals surface area contributed by atoms with Crippen LogP contribution >= 0.6 is 0 Å². The quantitative estimate of drug-likeness (QED) is 0.192. The van der Waals surface area contributed by atoms with Gasteiger partial charge in [-0.1, -0.05) is 133 Å². The second-order valence-corrected chi connectivity index (χ2v) is 14.7. The molecule has 0 amide bonds. The molecule has 0 N–H and O–H groups in total. The SMILES string of the molecule is CC(C)(C)c1cc(-c2ccccc2-n2c3ccccc3c3cc4c5ccccc5n(-c5ccccc5)c4cc32)cc(C(C)(C)C)c1. The average molecular weight is 597 g/mol. The summed E-state index contributed by atoms with van der Waals surface area (Å²) in [4.78, 5) is 0. The molecule has 0 saturated heterocycles. The van der Waals surface area contributed by atoms with Crippen molar-refractivity contribution < 1.29 is 0 Å². The highest BCUT2D eigenvalue weighted by Gasteiger charge is 2.23. The number of benzene rings is 6. The molecule has 0 radical (unpaired) electrons. The van der Waals surface area contributed by atoms with Crippen LogP contribution in [0.3, 0.4) is 0 Å². The van der Waals surface area contributed by atoms with Gasteiger partial charge in [0, 0.05) is 32.8 Å². The highest BCUT2D eigenvalue weighted by molar-refractivity contribution is 6.19. The average Bonchev–Trinajstić information content (AvgIpc) is 3.55. The summed E-state index contributed by atoms with van der Waals surface area (Å²) in [5.41, 5.74) is 12.5. The zero-order chi connectivity index (χ0) is 31.8. The Morgan fingerprint density at radius 3 is 1.50 bits per heavy atom. The van der Waals surface area contributed by atoms with E-state index in [1.807, 2.05) is 0 Å². The molecule has 0 bridgehead atoms. The third kappa shape index (κ3) is 4.47. The lowest BCUT2D eigenvalue weighted by atomic mass is 9.79. The Morgan fingerprint density at radius 1 is 0.391 bits per heavy atom. The lowest BCUT2D eigenvalue weighted by Gasteiger charge is -2.27. The minimum absolute atomic E-state index is 0.0360. The molecule has 2 aromatic heterocycles. The standard InChI is InChI=1S/C44H40N2/c1-43(2,3)30-24-29(25-31(26-30)44(4,5)6)33-18-10-13-21-38(33)46-40-23-15-12-20-35(40)37-27-36-34-19-11-14-22-39(34)45(41(36)28-42(37)46)32-16-8-7-9-17-32/h7-28H,1-6H3. The molecule has 8 aromatic rings. The van der Waals surface area contributed by atoms with Crippen LogP contribution in [0.15, 0.2) is 133 Å². The first-order valence-corrected chi connectivity index (χ1v) is 16.4. The number of rotatable bonds is 3. The van der Waals surface area contributed by atoms with Gasteiger partial charge in [-0.25, -0.2) is 0 Å². The molecule has 0 fully saturated rings. The van der Waals surface area contributed by atoms with Crippen LogP contribution in [0.25, 0.3) is 66.1 Å². The summed E-state index contributed by atoms with van der Waals surface area (Å²) in [5, 5.41) is 5.09. The van der Waals surface area contributed by atoms with Crippen molar-refractivity contribution in [2.75, 3.05) is 0 Å². The molecule has 8 rings (SSSR count). The summed E-state index contributed by atoms with van der Waals surface area (Å²) < 4.78 is 4.91. The van der Waals surface area contributed by atoms with E-state index < -0.39 is 0 Å². The van der Waals surface area contributed by atoms with E-state index in [4.69, 9.17) is 0 Å². The number of hydrogen-bond acceptors (Lipinski definition) is 0. The monoisotopic (exact) mass is 596 g/mol. The molecule has 0 aliphatic rings. The number of para-hydroxylation sites is 4. The maximum atomic E-state index is 2.49. The van der Waals surface area contributed by atoms with E-state index in [2.05, 4.69) is 184 Å². The van der Waals surface area contributed by atoms with Crippen molar-refractivity contribution in [3.8, 4) is 22.5 Å². The summed E-state index contributed by atoms with van der Waals surface area (Å²) >= 11 is 0. The molecule has 2 nitrogen and oxygen atoms in total. The molecule has 6 aromatic carbocycles. The van der Waals surface area contributed by atoms with E-state index in [0.717, 1.165) is 0 Å². The van der Waals surface area contributed by atoms with Gasteiger partial charge in [0.15, 0.2) is 0 Å². The zero-order valence-electron chi connectivity index (χ0n) is 27.6. The van der Waals surface area contributed by atoms with E-state index in [1.165, 1.54) is 77.2 Å². The summed E-state index contributed by atoms with van der Waals surface area (Å²) in [5.74, 6) is 0. The topological polar surface area (TPSA) is 9.86 Å². The predicted octanol–water partition coefficient (Wildman–Crippen LogP) is 12.1. The smallest absolute Gasteiger partial charge is 0.0562 e. The molecule has 2 heterocycles. The van der Waals surface area contributed by atoms with Crippen molar-refractivity contribution in [2.24, 2.45) is 0 Å². The molecule has 226 valence electrons. The highest BCUT2D eigenvalue weighted by Crippen LogP contribution is 2.42. The first-order chi connectivity index (χ1) is 22.1. The molecule has 0 atom stereocenters. The van der Waals surface area contributed by atoms with Gasteiger partial charge >= 0.3 is 0 Å². The van der Waals surface area contributed by atoms with Crippen LogP contribution in [-0.4, -0.2) is 9.13 Å². The van der Waals surface area contributed by atoms with Crippen LogP contribution in [0.4, 0.5) is 0 Å². The van der Waals surface area contributed by atoms with Crippen molar-refractivity contribution >= 4 is 43.6 Å². The van der Waals surface area contributed by atoms with Gasteiger partial charge < -0.3 is 9.13 Å². The lowest BCUT2D eigenvalue weighted by Crippen LogP contribution is -2.16. The number of aromatic nitrogens is 2. The Labute approximate surface area is 271 Å². The van der Waals surface area contributed by atoms with Gasteiger partial charge in [-0.05, 0) is 70.0 Å². The van der Waals surface area contributed by atoms with Crippen molar-refractivity contribution in [1.29, 1.82) is 0 Å². The zero-order valence-corrected chi connectivity index (χ0v) is 27.6. The van der Waals surface area contributed by atoms with Crippen LogP contribution in [0, 0.1) is 0 Å². The van der Waals surface area contributed by atoms with Gasteiger partial charge in [0.1, 0.15) is 0 Å². The fourth-order valence-corrected chi connectivity index (χ4v) is 7.11. The molecule has 0 saturated carbocycles. The van der Waals surface area contributed by atoms with Crippen LogP contribution in [0.2, 0.25) is 0 Å². The maximum absolute atomic E-state index is 2.49. The minimum Gasteiger partial charge on any atom is -0.309 e. The molecular formula is C44H40N2. The summed E-state index contributed by atoms with van der Waals surface area (Å²) in [7, 11) is 0. The van der Waals surface area contributed by atoms with Gasteiger partial charge in [-0.15, -0.1) is 0 Å². The molecule has 0 spiro atoms. The first kappa shape index (κ1) is 28.4. The molecule has 2 heteroatoms. The Balaban J connectivity index is 1.48. The van der Waals surface area contributed by atoms with Crippen LogP contribution in [-0.2, 0) is 10.8 Å². The number of hydrogen-bond donors (Lipinski definition) is 0. The Bertz CT molecular complexity index is 2390. The van der Waals surface area contributed by atoms with Crippen LogP contribution in [0.5, 0.6) is 0 Å². The van der Waals surface area contributed by atoms with Crippen molar-refractivity contribution in [3.63, 3.8) is 0 Å². The summed E-state index contributed by atoms with van der Waals surface area (Å²) in [6.45, 7) is 13.9. The van der Waals surface area contributed by atoms with Gasteiger partial charge in [0.05, 0.1) is 27.8 Å². The highest BCUT2D eigenvalue weighted by atomic mass is 15.0. The number of nitrogens with zero attached hydrogens (tertiary/aromatic N) is 2. The molecular weight excluding hydrogens is 556 g/mol. The van der Waals surface area contributed by atoms with Gasteiger partial charge in [-0.3, -0.25) is 0 Å². The predicted molar refractivity (Wildman–Crippen MR) is 198 cm³/mol. The van der Waals surface area contributed by atoms with E-state index in [-0.39, 0.29) is 10.8 Å². The third-order valence-corrected chi connectivity index (χ3v) is 9.60. The number of fused-ring (bicyclic) bond motifs is 6. The lowest BCUT2D eigenvalue weighted by molar-refractivity contribution is 0.569. The van der Waals surface area contributed by atoms with Crippen LogP contribution in [0.1, 0.15) is 52.7 Å². The molecule has 46 heavy (non-hydrogen) atoms. The van der Waals surface area contributed by atoms with E-state index >= 15 is 0 Å². The minimum atomic E-state index is 0.0360. The molecule has 0 unspecified atom stereocenters. The second kappa shape index (κ2) is 10.2. The van der Waals surface area contributed by atoms with E-state index in [1.54, 1.807) is 0 Å². The maximum Gasteiger partial charge on any atom is 0.0562 e. The third-order valence-electron chi connectivity index (χ3n) is 9.60. The Morgan fingerprint density at radius 2 is 0.891 bits per heavy atom. The molecule has 0 aliphatic heterocycles. The fraction of sp³-hybridized carbons (Fsp3) is 0.182. The van der Waals surface area contributed by atoms with Crippen molar-refractivity contribution in [1.82, 2.24) is 9.13 Å². The van der Waals surface area contributed by atoms with Crippen molar-refractivity contribution in [3.05, 3.63) is 145 Å².